The lowest BCUT2D eigenvalue weighted by molar-refractivity contribution is -0.123. The van der Waals surface area contributed by atoms with Gasteiger partial charge in [-0.15, -0.1) is 0 Å². The monoisotopic (exact) mass is 447 g/mol. The van der Waals surface area contributed by atoms with Gasteiger partial charge in [-0.1, -0.05) is 48.0 Å². The molecule has 1 aliphatic heterocycles. The SMILES string of the molecule is CCN1C(=O)C(CNC(=O)c2ccccc2)(NC(=O)c2ccccc2)c2cc(Cl)ccc21. The van der Waals surface area contributed by atoms with Crippen LogP contribution in [0.2, 0.25) is 5.02 Å². The molecule has 3 aromatic carbocycles. The number of benzene rings is 3. The predicted molar refractivity (Wildman–Crippen MR) is 124 cm³/mol. The van der Waals surface area contributed by atoms with Gasteiger partial charge in [-0.25, -0.2) is 0 Å². The Balaban J connectivity index is 1.75. The van der Waals surface area contributed by atoms with Gasteiger partial charge in [0.05, 0.1) is 6.54 Å². The Morgan fingerprint density at radius 3 is 2.09 bits per heavy atom. The van der Waals surface area contributed by atoms with Crippen molar-refractivity contribution in [1.29, 1.82) is 0 Å². The van der Waals surface area contributed by atoms with Gasteiger partial charge in [0.25, 0.3) is 17.7 Å². The summed E-state index contributed by atoms with van der Waals surface area (Å²) in [6, 6.07) is 22.5. The molecular formula is C25H22ClN3O3. The number of amides is 3. The van der Waals surface area contributed by atoms with E-state index >= 15 is 0 Å². The summed E-state index contributed by atoms with van der Waals surface area (Å²) in [5, 5.41) is 6.17. The van der Waals surface area contributed by atoms with Gasteiger partial charge in [-0.3, -0.25) is 14.4 Å². The zero-order valence-corrected chi connectivity index (χ0v) is 18.2. The van der Waals surface area contributed by atoms with E-state index in [-0.39, 0.29) is 18.4 Å². The van der Waals surface area contributed by atoms with Crippen LogP contribution in [0.25, 0.3) is 0 Å². The number of anilines is 1. The standard InChI is InChI=1S/C25H22ClN3O3/c1-2-29-21-14-13-19(26)15-20(21)25(24(29)32,28-23(31)18-11-7-4-8-12-18)16-27-22(30)17-9-5-3-6-10-17/h3-15H,2,16H2,1H3,(H,27,30)(H,28,31). The molecule has 32 heavy (non-hydrogen) atoms. The average Bonchev–Trinajstić information content (AvgIpc) is 3.05. The van der Waals surface area contributed by atoms with Crippen LogP contribution >= 0.6 is 11.6 Å². The van der Waals surface area contributed by atoms with E-state index in [9.17, 15) is 14.4 Å². The van der Waals surface area contributed by atoms with Crippen LogP contribution in [-0.4, -0.2) is 30.8 Å². The highest BCUT2D eigenvalue weighted by atomic mass is 35.5. The Labute approximate surface area is 191 Å². The molecule has 3 amide bonds. The Kier molecular flexibility index (Phi) is 5.97. The minimum absolute atomic E-state index is 0.123. The van der Waals surface area contributed by atoms with Crippen molar-refractivity contribution in [3.8, 4) is 0 Å². The lowest BCUT2D eigenvalue weighted by Crippen LogP contribution is -2.58. The lowest BCUT2D eigenvalue weighted by atomic mass is 9.90. The quantitative estimate of drug-likeness (QED) is 0.604. The minimum Gasteiger partial charge on any atom is -0.349 e. The summed E-state index contributed by atoms with van der Waals surface area (Å²) < 4.78 is 0. The molecule has 0 saturated heterocycles. The van der Waals surface area contributed by atoms with Crippen LogP contribution in [0.3, 0.4) is 0 Å². The molecule has 0 aromatic heterocycles. The molecule has 0 aliphatic carbocycles. The maximum absolute atomic E-state index is 13.7. The van der Waals surface area contributed by atoms with Gasteiger partial charge in [0.15, 0.2) is 5.54 Å². The highest BCUT2D eigenvalue weighted by molar-refractivity contribution is 6.31. The molecule has 3 aromatic rings. The van der Waals surface area contributed by atoms with E-state index in [0.29, 0.717) is 33.9 Å². The number of nitrogens with one attached hydrogen (secondary N) is 2. The van der Waals surface area contributed by atoms with E-state index in [1.54, 1.807) is 77.7 Å². The lowest BCUT2D eigenvalue weighted by Gasteiger charge is -2.30. The van der Waals surface area contributed by atoms with Gasteiger partial charge in [-0.05, 0) is 49.4 Å². The summed E-state index contributed by atoms with van der Waals surface area (Å²) in [7, 11) is 0. The second-order valence-corrected chi connectivity index (χ2v) is 7.92. The van der Waals surface area contributed by atoms with Crippen LogP contribution in [0.15, 0.2) is 78.9 Å². The fourth-order valence-electron chi connectivity index (χ4n) is 3.95. The number of rotatable bonds is 6. The molecule has 1 atom stereocenters. The number of likely N-dealkylation sites (N-methyl/N-ethyl adjacent to an activating group) is 1. The fourth-order valence-corrected chi connectivity index (χ4v) is 4.12. The summed E-state index contributed by atoms with van der Waals surface area (Å²) in [6.07, 6.45) is 0. The summed E-state index contributed by atoms with van der Waals surface area (Å²) in [6.45, 7) is 2.14. The molecule has 0 saturated carbocycles. The second-order valence-electron chi connectivity index (χ2n) is 7.49. The summed E-state index contributed by atoms with van der Waals surface area (Å²) in [4.78, 5) is 41.1. The van der Waals surface area contributed by atoms with Crippen molar-refractivity contribution in [2.75, 3.05) is 18.0 Å². The van der Waals surface area contributed by atoms with E-state index in [1.807, 2.05) is 13.0 Å². The van der Waals surface area contributed by atoms with Gasteiger partial charge < -0.3 is 15.5 Å². The molecule has 6 nitrogen and oxygen atoms in total. The smallest absolute Gasteiger partial charge is 0.259 e. The number of halogens is 1. The highest BCUT2D eigenvalue weighted by Gasteiger charge is 2.52. The zero-order valence-electron chi connectivity index (χ0n) is 17.5. The largest absolute Gasteiger partial charge is 0.349 e. The first kappa shape index (κ1) is 21.6. The topological polar surface area (TPSA) is 78.5 Å². The van der Waals surface area contributed by atoms with Gasteiger partial charge in [0.1, 0.15) is 0 Å². The third kappa shape index (κ3) is 3.85. The Bertz CT molecular complexity index is 1170. The van der Waals surface area contributed by atoms with Crippen molar-refractivity contribution in [3.05, 3.63) is 101 Å². The molecule has 0 radical (unpaired) electrons. The first-order valence-electron chi connectivity index (χ1n) is 10.3. The maximum Gasteiger partial charge on any atom is 0.259 e. The number of hydrogen-bond acceptors (Lipinski definition) is 3. The van der Waals surface area contributed by atoms with Crippen molar-refractivity contribution in [2.45, 2.75) is 12.5 Å². The molecule has 0 spiro atoms. The van der Waals surface area contributed by atoms with Crippen LogP contribution in [-0.2, 0) is 10.3 Å². The second kappa shape index (κ2) is 8.85. The third-order valence-electron chi connectivity index (χ3n) is 5.55. The maximum atomic E-state index is 13.7. The molecule has 1 unspecified atom stereocenters. The van der Waals surface area contributed by atoms with Crippen molar-refractivity contribution in [3.63, 3.8) is 0 Å². The summed E-state index contributed by atoms with van der Waals surface area (Å²) in [5.74, 6) is -1.09. The molecule has 4 rings (SSSR count). The molecule has 0 fully saturated rings. The number of nitrogens with zero attached hydrogens (tertiary/aromatic N) is 1. The van der Waals surface area contributed by atoms with Crippen LogP contribution in [0.5, 0.6) is 0 Å². The molecule has 0 bridgehead atoms. The number of carbonyl (C=O) groups excluding carboxylic acids is 3. The summed E-state index contributed by atoms with van der Waals surface area (Å²) >= 11 is 6.27. The number of fused-ring (bicyclic) bond motifs is 1. The van der Waals surface area contributed by atoms with Gasteiger partial charge in [-0.2, -0.15) is 0 Å². The Morgan fingerprint density at radius 2 is 1.50 bits per heavy atom. The predicted octanol–water partition coefficient (Wildman–Crippen LogP) is 3.76. The molecule has 1 aliphatic rings. The molecule has 7 heteroatoms. The van der Waals surface area contributed by atoms with Crippen LogP contribution in [0, 0.1) is 0 Å². The van der Waals surface area contributed by atoms with Crippen molar-refractivity contribution in [2.24, 2.45) is 0 Å². The van der Waals surface area contributed by atoms with E-state index in [4.69, 9.17) is 11.6 Å². The van der Waals surface area contributed by atoms with Crippen molar-refractivity contribution in [1.82, 2.24) is 10.6 Å². The van der Waals surface area contributed by atoms with E-state index in [2.05, 4.69) is 10.6 Å². The first-order chi connectivity index (χ1) is 15.5. The fraction of sp³-hybridized carbons (Fsp3) is 0.160. The van der Waals surface area contributed by atoms with Crippen molar-refractivity contribution >= 4 is 35.0 Å². The van der Waals surface area contributed by atoms with E-state index in [1.165, 1.54) is 0 Å². The van der Waals surface area contributed by atoms with E-state index in [0.717, 1.165) is 0 Å². The highest BCUT2D eigenvalue weighted by Crippen LogP contribution is 2.41. The Hall–Kier alpha value is -3.64. The molecule has 1 heterocycles. The third-order valence-corrected chi connectivity index (χ3v) is 5.78. The van der Waals surface area contributed by atoms with Crippen LogP contribution in [0.1, 0.15) is 33.2 Å². The number of carbonyl (C=O) groups is 3. The van der Waals surface area contributed by atoms with Gasteiger partial charge in [0.2, 0.25) is 0 Å². The average molecular weight is 448 g/mol. The van der Waals surface area contributed by atoms with Crippen LogP contribution < -0.4 is 15.5 Å². The summed E-state index contributed by atoms with van der Waals surface area (Å²) in [5.41, 5.74) is 0.584. The number of hydrogen-bond donors (Lipinski definition) is 2. The zero-order chi connectivity index (χ0) is 22.7. The normalized spacial score (nSPS) is 17.1. The van der Waals surface area contributed by atoms with E-state index < -0.39 is 11.4 Å². The first-order valence-corrected chi connectivity index (χ1v) is 10.7. The van der Waals surface area contributed by atoms with Crippen molar-refractivity contribution < 1.29 is 14.4 Å². The van der Waals surface area contributed by atoms with Gasteiger partial charge in [0, 0.05) is 33.9 Å². The molecule has 162 valence electrons. The minimum atomic E-state index is -1.49. The van der Waals surface area contributed by atoms with Gasteiger partial charge >= 0.3 is 0 Å². The molecular weight excluding hydrogens is 426 g/mol. The van der Waals surface area contributed by atoms with Crippen LogP contribution in [0.4, 0.5) is 5.69 Å². The Morgan fingerprint density at radius 1 is 0.906 bits per heavy atom. The molecule has 2 N–H and O–H groups in total.